The Morgan fingerprint density at radius 1 is 0.939 bits per heavy atom. The third-order valence-electron chi connectivity index (χ3n) is 6.19. The second kappa shape index (κ2) is 9.49. The van der Waals surface area contributed by atoms with Gasteiger partial charge in [-0.2, -0.15) is 0 Å². The largest absolute Gasteiger partial charge is 0.496 e. The molecule has 0 aliphatic carbocycles. The normalized spacial score (nSPS) is 18.2. The highest BCUT2D eigenvalue weighted by atomic mass is 16.5. The highest BCUT2D eigenvalue weighted by Gasteiger charge is 2.42. The molecule has 1 N–H and O–H groups in total. The lowest BCUT2D eigenvalue weighted by molar-refractivity contribution is -0.125. The summed E-state index contributed by atoms with van der Waals surface area (Å²) in [5.74, 6) is 0.144. The van der Waals surface area contributed by atoms with Crippen LogP contribution in [0, 0.1) is 26.7 Å². The Balaban J connectivity index is 1.78. The number of amides is 2. The Labute approximate surface area is 195 Å². The van der Waals surface area contributed by atoms with Crippen LogP contribution in [0.1, 0.15) is 41.1 Å². The Morgan fingerprint density at radius 3 is 2.27 bits per heavy atom. The first-order valence-electron chi connectivity index (χ1n) is 11.3. The molecule has 0 saturated carbocycles. The van der Waals surface area contributed by atoms with Gasteiger partial charge in [-0.3, -0.25) is 9.59 Å². The van der Waals surface area contributed by atoms with E-state index >= 15 is 0 Å². The van der Waals surface area contributed by atoms with E-state index in [0.29, 0.717) is 18.6 Å². The molecule has 1 aliphatic rings. The van der Waals surface area contributed by atoms with Crippen LogP contribution in [-0.4, -0.2) is 18.9 Å². The maximum Gasteiger partial charge on any atom is 0.229 e. The first-order chi connectivity index (χ1) is 15.9. The van der Waals surface area contributed by atoms with Gasteiger partial charge in [0.2, 0.25) is 11.8 Å². The van der Waals surface area contributed by atoms with Crippen molar-refractivity contribution in [3.8, 4) is 5.75 Å². The molecule has 1 aliphatic heterocycles. The van der Waals surface area contributed by atoms with Crippen LogP contribution >= 0.6 is 0 Å². The number of nitrogens with zero attached hydrogens (tertiary/aromatic N) is 1. The second-order valence-electron chi connectivity index (χ2n) is 8.80. The number of ether oxygens (including phenoxy) is 1. The molecule has 0 bridgehead atoms. The number of para-hydroxylation sites is 1. The number of carbonyl (C=O) groups excluding carboxylic acids is 2. The van der Waals surface area contributed by atoms with Crippen molar-refractivity contribution in [3.05, 3.63) is 89.0 Å². The standard InChI is InChI=1S/C28H30N2O3/c1-18-9-11-22(12-10-18)30-26(31)14-13-24(27(30)23-7-5-6-8-25(23)33-4)28(32)29-21-16-19(2)15-20(3)17-21/h5-12,15-17,24,27H,13-14H2,1-4H3,(H,29,32)/t24-,27-/m0/s1. The Hall–Kier alpha value is -3.60. The highest BCUT2D eigenvalue weighted by molar-refractivity contribution is 6.00. The number of carbonyl (C=O) groups is 2. The lowest BCUT2D eigenvalue weighted by Crippen LogP contribution is -2.47. The molecule has 5 nitrogen and oxygen atoms in total. The van der Waals surface area contributed by atoms with Gasteiger partial charge in [0.1, 0.15) is 5.75 Å². The van der Waals surface area contributed by atoms with Crippen molar-refractivity contribution in [2.75, 3.05) is 17.3 Å². The van der Waals surface area contributed by atoms with Crippen LogP contribution in [0.4, 0.5) is 11.4 Å². The molecule has 3 aromatic rings. The number of rotatable bonds is 5. The number of benzene rings is 3. The van der Waals surface area contributed by atoms with E-state index in [4.69, 9.17) is 4.74 Å². The summed E-state index contributed by atoms with van der Waals surface area (Å²) >= 11 is 0. The highest BCUT2D eigenvalue weighted by Crippen LogP contribution is 2.43. The van der Waals surface area contributed by atoms with Crippen molar-refractivity contribution in [3.63, 3.8) is 0 Å². The van der Waals surface area contributed by atoms with Crippen molar-refractivity contribution in [1.82, 2.24) is 0 Å². The van der Waals surface area contributed by atoms with Crippen LogP contribution in [0.25, 0.3) is 0 Å². The number of piperidine rings is 1. The topological polar surface area (TPSA) is 58.6 Å². The molecule has 3 aromatic carbocycles. The first kappa shape index (κ1) is 22.6. The van der Waals surface area contributed by atoms with Gasteiger partial charge in [0.25, 0.3) is 0 Å². The predicted molar refractivity (Wildman–Crippen MR) is 132 cm³/mol. The molecule has 4 rings (SSSR count). The predicted octanol–water partition coefficient (Wildman–Crippen LogP) is 5.74. The van der Waals surface area contributed by atoms with Crippen LogP contribution in [0.15, 0.2) is 66.7 Å². The Morgan fingerprint density at radius 2 is 1.61 bits per heavy atom. The lowest BCUT2D eigenvalue weighted by atomic mass is 9.82. The summed E-state index contributed by atoms with van der Waals surface area (Å²) in [5, 5.41) is 3.11. The summed E-state index contributed by atoms with van der Waals surface area (Å²) in [6.07, 6.45) is 0.783. The minimum absolute atomic E-state index is 0.00482. The molecule has 0 radical (unpaired) electrons. The summed E-state index contributed by atoms with van der Waals surface area (Å²) in [5.41, 5.74) is 5.68. The molecule has 1 saturated heterocycles. The fourth-order valence-electron chi connectivity index (χ4n) is 4.73. The van der Waals surface area contributed by atoms with Crippen LogP contribution in [-0.2, 0) is 9.59 Å². The third kappa shape index (κ3) is 4.77. The number of nitrogens with one attached hydrogen (secondary N) is 1. The van der Waals surface area contributed by atoms with Gasteiger partial charge in [0.05, 0.1) is 19.1 Å². The number of aryl methyl sites for hydroxylation is 3. The molecular formula is C28H30N2O3. The van der Waals surface area contributed by atoms with Crippen LogP contribution < -0.4 is 15.0 Å². The smallest absolute Gasteiger partial charge is 0.229 e. The van der Waals surface area contributed by atoms with E-state index in [0.717, 1.165) is 33.6 Å². The first-order valence-corrected chi connectivity index (χ1v) is 11.3. The Bertz CT molecular complexity index is 1150. The molecular weight excluding hydrogens is 412 g/mol. The number of hydrogen-bond donors (Lipinski definition) is 1. The van der Waals surface area contributed by atoms with Crippen molar-refractivity contribution >= 4 is 23.2 Å². The van der Waals surface area contributed by atoms with E-state index in [2.05, 4.69) is 11.4 Å². The quantitative estimate of drug-likeness (QED) is 0.548. The van der Waals surface area contributed by atoms with Gasteiger partial charge in [0.15, 0.2) is 0 Å². The summed E-state index contributed by atoms with van der Waals surface area (Å²) < 4.78 is 5.65. The summed E-state index contributed by atoms with van der Waals surface area (Å²) in [7, 11) is 1.62. The maximum absolute atomic E-state index is 13.6. The molecule has 1 heterocycles. The van der Waals surface area contributed by atoms with E-state index in [1.54, 1.807) is 12.0 Å². The van der Waals surface area contributed by atoms with Crippen LogP contribution in [0.5, 0.6) is 5.75 Å². The summed E-state index contributed by atoms with van der Waals surface area (Å²) in [4.78, 5) is 28.6. The zero-order valence-corrected chi connectivity index (χ0v) is 19.6. The molecule has 0 spiro atoms. The molecule has 2 atom stereocenters. The molecule has 1 fully saturated rings. The van der Waals surface area contributed by atoms with E-state index in [-0.39, 0.29) is 11.8 Å². The average molecular weight is 443 g/mol. The zero-order chi connectivity index (χ0) is 23.5. The fraction of sp³-hybridized carbons (Fsp3) is 0.286. The van der Waals surface area contributed by atoms with E-state index in [1.807, 2.05) is 81.4 Å². The van der Waals surface area contributed by atoms with Gasteiger partial charge in [-0.05, 0) is 68.7 Å². The summed E-state index contributed by atoms with van der Waals surface area (Å²) in [6.45, 7) is 6.04. The minimum Gasteiger partial charge on any atom is -0.496 e. The van der Waals surface area contributed by atoms with Crippen molar-refractivity contribution < 1.29 is 14.3 Å². The van der Waals surface area contributed by atoms with Gasteiger partial charge in [0, 0.05) is 23.4 Å². The van der Waals surface area contributed by atoms with Crippen molar-refractivity contribution in [2.45, 2.75) is 39.7 Å². The summed E-state index contributed by atoms with van der Waals surface area (Å²) in [6, 6.07) is 21.0. The molecule has 0 unspecified atom stereocenters. The molecule has 5 heteroatoms. The van der Waals surface area contributed by atoms with Crippen molar-refractivity contribution in [2.24, 2.45) is 5.92 Å². The van der Waals surface area contributed by atoms with E-state index < -0.39 is 12.0 Å². The molecule has 170 valence electrons. The SMILES string of the molecule is COc1ccccc1[C@H]1[C@@H](C(=O)Nc2cc(C)cc(C)c2)CCC(=O)N1c1ccc(C)cc1. The van der Waals surface area contributed by atoms with E-state index in [1.165, 1.54) is 0 Å². The molecule has 2 amide bonds. The number of hydrogen-bond acceptors (Lipinski definition) is 3. The number of anilines is 2. The average Bonchev–Trinajstić information content (AvgIpc) is 2.78. The third-order valence-corrected chi connectivity index (χ3v) is 6.19. The fourth-order valence-corrected chi connectivity index (χ4v) is 4.73. The van der Waals surface area contributed by atoms with Gasteiger partial charge in [-0.25, -0.2) is 0 Å². The lowest BCUT2D eigenvalue weighted by Gasteiger charge is -2.41. The van der Waals surface area contributed by atoms with Gasteiger partial charge in [-0.1, -0.05) is 42.0 Å². The molecule has 33 heavy (non-hydrogen) atoms. The van der Waals surface area contributed by atoms with E-state index in [9.17, 15) is 9.59 Å². The van der Waals surface area contributed by atoms with Gasteiger partial charge < -0.3 is 15.0 Å². The van der Waals surface area contributed by atoms with Gasteiger partial charge >= 0.3 is 0 Å². The second-order valence-corrected chi connectivity index (χ2v) is 8.80. The minimum atomic E-state index is -0.476. The number of methoxy groups -OCH3 is 1. The maximum atomic E-state index is 13.6. The molecule has 0 aromatic heterocycles. The van der Waals surface area contributed by atoms with Gasteiger partial charge in [-0.15, -0.1) is 0 Å². The monoisotopic (exact) mass is 442 g/mol. The van der Waals surface area contributed by atoms with Crippen LogP contribution in [0.3, 0.4) is 0 Å². The van der Waals surface area contributed by atoms with Crippen molar-refractivity contribution in [1.29, 1.82) is 0 Å². The van der Waals surface area contributed by atoms with Crippen LogP contribution in [0.2, 0.25) is 0 Å². The zero-order valence-electron chi connectivity index (χ0n) is 19.6. The Kier molecular flexibility index (Phi) is 6.50.